The Balaban J connectivity index is 1.71. The molecule has 164 valence electrons. The molecule has 0 aliphatic rings. The SMILES string of the molecule is COc1cc2occ(-c3ccc4ccccc4c3)c2cc1/C(C)=C/C(=O)NCCN(C)C. The minimum atomic E-state index is -0.117. The summed E-state index contributed by atoms with van der Waals surface area (Å²) < 4.78 is 11.5. The van der Waals surface area contributed by atoms with Crippen molar-refractivity contribution in [1.82, 2.24) is 10.2 Å². The van der Waals surface area contributed by atoms with Gasteiger partial charge < -0.3 is 19.4 Å². The number of rotatable bonds is 7. The van der Waals surface area contributed by atoms with E-state index in [0.717, 1.165) is 39.8 Å². The minimum absolute atomic E-state index is 0.117. The maximum absolute atomic E-state index is 12.4. The summed E-state index contributed by atoms with van der Waals surface area (Å²) in [4.78, 5) is 14.4. The number of likely N-dealkylation sites (N-methyl/N-ethyl adjacent to an activating group) is 1. The third kappa shape index (κ3) is 4.53. The number of hydrogen-bond acceptors (Lipinski definition) is 4. The van der Waals surface area contributed by atoms with Crippen LogP contribution in [-0.4, -0.2) is 45.1 Å². The molecule has 0 saturated carbocycles. The molecule has 5 heteroatoms. The Morgan fingerprint density at radius 3 is 2.62 bits per heavy atom. The molecule has 0 aliphatic carbocycles. The first-order valence-electron chi connectivity index (χ1n) is 10.7. The van der Waals surface area contributed by atoms with Crippen LogP contribution < -0.4 is 10.1 Å². The lowest BCUT2D eigenvalue weighted by Crippen LogP contribution is -2.30. The van der Waals surface area contributed by atoms with Crippen molar-refractivity contribution in [2.45, 2.75) is 6.92 Å². The number of nitrogens with zero attached hydrogens (tertiary/aromatic N) is 1. The zero-order valence-electron chi connectivity index (χ0n) is 18.9. The predicted molar refractivity (Wildman–Crippen MR) is 131 cm³/mol. The summed E-state index contributed by atoms with van der Waals surface area (Å²) in [6.07, 6.45) is 3.40. The first kappa shape index (κ1) is 21.7. The Kier molecular flexibility index (Phi) is 6.28. The van der Waals surface area contributed by atoms with Gasteiger partial charge in [-0.1, -0.05) is 36.4 Å². The highest BCUT2D eigenvalue weighted by Crippen LogP contribution is 2.38. The van der Waals surface area contributed by atoms with Crippen LogP contribution in [0.2, 0.25) is 0 Å². The Morgan fingerprint density at radius 2 is 1.88 bits per heavy atom. The van der Waals surface area contributed by atoms with E-state index in [9.17, 15) is 4.79 Å². The molecule has 4 aromatic rings. The number of carbonyl (C=O) groups excluding carboxylic acids is 1. The van der Waals surface area contributed by atoms with Crippen LogP contribution in [0.1, 0.15) is 12.5 Å². The lowest BCUT2D eigenvalue weighted by Gasteiger charge is -2.11. The van der Waals surface area contributed by atoms with Crippen LogP contribution >= 0.6 is 0 Å². The largest absolute Gasteiger partial charge is 0.496 e. The summed E-state index contributed by atoms with van der Waals surface area (Å²) in [7, 11) is 5.58. The van der Waals surface area contributed by atoms with Crippen molar-refractivity contribution < 1.29 is 13.9 Å². The normalized spacial score (nSPS) is 12.0. The molecule has 0 fully saturated rings. The summed E-state index contributed by atoms with van der Waals surface area (Å²) in [5, 5.41) is 6.28. The third-order valence-electron chi connectivity index (χ3n) is 5.59. The zero-order valence-corrected chi connectivity index (χ0v) is 18.9. The maximum atomic E-state index is 12.4. The third-order valence-corrected chi connectivity index (χ3v) is 5.59. The van der Waals surface area contributed by atoms with Gasteiger partial charge in [0.15, 0.2) is 0 Å². The first-order valence-corrected chi connectivity index (χ1v) is 10.7. The molecule has 3 aromatic carbocycles. The molecular weight excluding hydrogens is 400 g/mol. The van der Waals surface area contributed by atoms with Crippen LogP contribution in [0.25, 0.3) is 38.4 Å². The average Bonchev–Trinajstić information content (AvgIpc) is 3.20. The Bertz CT molecular complexity index is 1300. The van der Waals surface area contributed by atoms with Gasteiger partial charge in [0, 0.05) is 41.7 Å². The summed E-state index contributed by atoms with van der Waals surface area (Å²) >= 11 is 0. The van der Waals surface area contributed by atoms with Crippen LogP contribution in [0.4, 0.5) is 0 Å². The van der Waals surface area contributed by atoms with Crippen molar-refractivity contribution >= 4 is 33.2 Å². The number of nitrogens with one attached hydrogen (secondary N) is 1. The van der Waals surface area contributed by atoms with Crippen LogP contribution in [0.15, 0.2) is 71.4 Å². The number of furan rings is 1. The predicted octanol–water partition coefficient (Wildman–Crippen LogP) is 5.34. The van der Waals surface area contributed by atoms with Crippen LogP contribution in [0.5, 0.6) is 5.75 Å². The number of hydrogen-bond donors (Lipinski definition) is 1. The summed E-state index contributed by atoms with van der Waals surface area (Å²) in [6.45, 7) is 3.31. The van der Waals surface area contributed by atoms with Gasteiger partial charge in [-0.3, -0.25) is 4.79 Å². The molecule has 0 saturated heterocycles. The second-order valence-electron chi connectivity index (χ2n) is 8.18. The van der Waals surface area contributed by atoms with Crippen molar-refractivity contribution in [1.29, 1.82) is 0 Å². The van der Waals surface area contributed by atoms with Crippen LogP contribution in [0.3, 0.4) is 0 Å². The fourth-order valence-electron chi connectivity index (χ4n) is 3.84. The van der Waals surface area contributed by atoms with Gasteiger partial charge in [0.2, 0.25) is 5.91 Å². The van der Waals surface area contributed by atoms with E-state index < -0.39 is 0 Å². The number of ether oxygens (including phenoxy) is 1. The Hall–Kier alpha value is -3.57. The van der Waals surface area contributed by atoms with Crippen molar-refractivity contribution in [2.24, 2.45) is 0 Å². The molecule has 0 bridgehead atoms. The van der Waals surface area contributed by atoms with Gasteiger partial charge in [-0.05, 0) is 55.1 Å². The lowest BCUT2D eigenvalue weighted by molar-refractivity contribution is -0.116. The first-order chi connectivity index (χ1) is 15.5. The minimum Gasteiger partial charge on any atom is -0.496 e. The van der Waals surface area contributed by atoms with Crippen molar-refractivity contribution in [3.05, 3.63) is 72.5 Å². The van der Waals surface area contributed by atoms with Gasteiger partial charge >= 0.3 is 0 Å². The van der Waals surface area contributed by atoms with Gasteiger partial charge in [0.25, 0.3) is 0 Å². The molecule has 0 radical (unpaired) electrons. The van der Waals surface area contributed by atoms with E-state index in [-0.39, 0.29) is 5.91 Å². The molecule has 0 aliphatic heterocycles. The molecule has 32 heavy (non-hydrogen) atoms. The fourth-order valence-corrected chi connectivity index (χ4v) is 3.84. The van der Waals surface area contributed by atoms with E-state index in [1.165, 1.54) is 10.8 Å². The van der Waals surface area contributed by atoms with Gasteiger partial charge in [0.05, 0.1) is 13.4 Å². The Labute approximate surface area is 188 Å². The standard InChI is InChI=1S/C27H28N2O3/c1-18(13-27(30)28-11-12-29(2)3)22-15-23-24(17-32-26(23)16-25(22)31-4)21-10-9-19-7-5-6-8-20(19)14-21/h5-10,13-17H,11-12H2,1-4H3,(H,28,30)/b18-13+. The van der Waals surface area contributed by atoms with Gasteiger partial charge in [-0.25, -0.2) is 0 Å². The number of benzene rings is 3. The molecule has 1 heterocycles. The van der Waals surface area contributed by atoms with E-state index in [4.69, 9.17) is 9.15 Å². The molecule has 1 N–H and O–H groups in total. The summed E-state index contributed by atoms with van der Waals surface area (Å²) in [5.41, 5.74) is 4.54. The second-order valence-corrected chi connectivity index (χ2v) is 8.18. The fraction of sp³-hybridized carbons (Fsp3) is 0.222. The van der Waals surface area contributed by atoms with E-state index in [2.05, 4.69) is 35.6 Å². The number of allylic oxidation sites excluding steroid dienone is 1. The zero-order chi connectivity index (χ0) is 22.7. The van der Waals surface area contributed by atoms with Gasteiger partial charge in [-0.15, -0.1) is 0 Å². The molecule has 5 nitrogen and oxygen atoms in total. The van der Waals surface area contributed by atoms with E-state index in [1.807, 2.05) is 50.2 Å². The number of carbonyl (C=O) groups is 1. The molecular formula is C27H28N2O3. The lowest BCUT2D eigenvalue weighted by atomic mass is 9.97. The van der Waals surface area contributed by atoms with Crippen LogP contribution in [0, 0.1) is 0 Å². The monoisotopic (exact) mass is 428 g/mol. The smallest absolute Gasteiger partial charge is 0.244 e. The number of amides is 1. The second kappa shape index (κ2) is 9.28. The number of methoxy groups -OCH3 is 1. The van der Waals surface area contributed by atoms with E-state index in [0.29, 0.717) is 12.3 Å². The molecule has 0 atom stereocenters. The van der Waals surface area contributed by atoms with Gasteiger partial charge in [-0.2, -0.15) is 0 Å². The maximum Gasteiger partial charge on any atom is 0.244 e. The summed E-state index contributed by atoms with van der Waals surface area (Å²) in [5.74, 6) is 0.556. The molecule has 4 rings (SSSR count). The highest BCUT2D eigenvalue weighted by Gasteiger charge is 2.15. The highest BCUT2D eigenvalue weighted by molar-refractivity contribution is 6.01. The molecule has 1 aromatic heterocycles. The quantitative estimate of drug-likeness (QED) is 0.404. The topological polar surface area (TPSA) is 54.7 Å². The Morgan fingerprint density at radius 1 is 1.09 bits per heavy atom. The molecule has 0 unspecified atom stereocenters. The van der Waals surface area contributed by atoms with Crippen molar-refractivity contribution in [2.75, 3.05) is 34.3 Å². The highest BCUT2D eigenvalue weighted by atomic mass is 16.5. The molecule has 1 amide bonds. The molecule has 0 spiro atoms. The summed E-state index contributed by atoms with van der Waals surface area (Å²) in [6, 6.07) is 18.6. The van der Waals surface area contributed by atoms with Crippen molar-refractivity contribution in [3.8, 4) is 16.9 Å². The number of fused-ring (bicyclic) bond motifs is 2. The van der Waals surface area contributed by atoms with E-state index >= 15 is 0 Å². The van der Waals surface area contributed by atoms with E-state index in [1.54, 1.807) is 19.4 Å². The van der Waals surface area contributed by atoms with Gasteiger partial charge in [0.1, 0.15) is 11.3 Å². The van der Waals surface area contributed by atoms with Crippen molar-refractivity contribution in [3.63, 3.8) is 0 Å². The average molecular weight is 429 g/mol. The van der Waals surface area contributed by atoms with Crippen LogP contribution in [-0.2, 0) is 4.79 Å².